The summed E-state index contributed by atoms with van der Waals surface area (Å²) >= 11 is 0. The molecule has 0 radical (unpaired) electrons. The highest BCUT2D eigenvalue weighted by Crippen LogP contribution is 2.19. The number of nitrogens with zero attached hydrogens (tertiary/aromatic N) is 3. The summed E-state index contributed by atoms with van der Waals surface area (Å²) in [6.45, 7) is 3.22. The molecule has 0 aliphatic carbocycles. The molecule has 0 aromatic carbocycles. The zero-order valence-electron chi connectivity index (χ0n) is 11.0. The number of hydrogen-bond donors (Lipinski definition) is 2. The Morgan fingerprint density at radius 2 is 2.32 bits per heavy atom. The minimum Gasteiger partial charge on any atom is -0.391 e. The summed E-state index contributed by atoms with van der Waals surface area (Å²) in [5.74, 6) is 0. The summed E-state index contributed by atoms with van der Waals surface area (Å²) in [4.78, 5) is 14.2. The minimum absolute atomic E-state index is 0.0485. The van der Waals surface area contributed by atoms with Crippen LogP contribution in [0.3, 0.4) is 0 Å². The summed E-state index contributed by atoms with van der Waals surface area (Å²) in [6.07, 6.45) is 4.30. The molecule has 1 unspecified atom stereocenters. The number of aliphatic hydroxyl groups excluding tert-OH is 1. The Hall–Kier alpha value is -1.40. The molecule has 2 atom stereocenters. The van der Waals surface area contributed by atoms with Gasteiger partial charge in [-0.1, -0.05) is 0 Å². The Labute approximate surface area is 112 Å². The van der Waals surface area contributed by atoms with E-state index in [1.165, 1.54) is 0 Å². The number of anilines is 1. The third-order valence-corrected chi connectivity index (χ3v) is 3.96. The highest BCUT2D eigenvalue weighted by Gasteiger charge is 2.22. The average Bonchev–Trinajstić information content (AvgIpc) is 2.86. The van der Waals surface area contributed by atoms with E-state index in [1.807, 2.05) is 4.90 Å². The van der Waals surface area contributed by atoms with Crippen LogP contribution in [0.15, 0.2) is 17.1 Å². The summed E-state index contributed by atoms with van der Waals surface area (Å²) < 4.78 is 1.59. The topological polar surface area (TPSA) is 70.4 Å². The highest BCUT2D eigenvalue weighted by molar-refractivity contribution is 5.44. The van der Waals surface area contributed by atoms with Gasteiger partial charge >= 0.3 is 0 Å². The van der Waals surface area contributed by atoms with Crippen molar-refractivity contribution in [3.8, 4) is 0 Å². The molecule has 104 valence electrons. The van der Waals surface area contributed by atoms with Crippen LogP contribution in [0.5, 0.6) is 0 Å². The molecule has 2 N–H and O–H groups in total. The van der Waals surface area contributed by atoms with E-state index in [4.69, 9.17) is 0 Å². The van der Waals surface area contributed by atoms with Gasteiger partial charge in [-0.15, -0.1) is 0 Å². The molecule has 6 nitrogen and oxygen atoms in total. The molecule has 0 amide bonds. The summed E-state index contributed by atoms with van der Waals surface area (Å²) in [7, 11) is 0. The molecule has 1 aromatic heterocycles. The predicted molar refractivity (Wildman–Crippen MR) is 72.5 cm³/mol. The van der Waals surface area contributed by atoms with Crippen molar-refractivity contribution in [1.29, 1.82) is 0 Å². The molecule has 1 aromatic rings. The SMILES string of the molecule is O=c1cc(N2CC[C@H](O)C2)cnn1C1CCCNC1. The van der Waals surface area contributed by atoms with E-state index in [9.17, 15) is 9.90 Å². The molecule has 0 saturated carbocycles. The first kappa shape index (κ1) is 12.6. The van der Waals surface area contributed by atoms with Gasteiger partial charge in [0, 0.05) is 25.7 Å². The Morgan fingerprint density at radius 1 is 1.42 bits per heavy atom. The molecule has 2 aliphatic heterocycles. The van der Waals surface area contributed by atoms with Gasteiger partial charge < -0.3 is 15.3 Å². The lowest BCUT2D eigenvalue weighted by atomic mass is 10.1. The van der Waals surface area contributed by atoms with Crippen LogP contribution in [0, 0.1) is 0 Å². The second-order valence-corrected chi connectivity index (χ2v) is 5.39. The monoisotopic (exact) mass is 264 g/mol. The fourth-order valence-corrected chi connectivity index (χ4v) is 2.87. The molecule has 6 heteroatoms. The third-order valence-electron chi connectivity index (χ3n) is 3.96. The van der Waals surface area contributed by atoms with Crippen LogP contribution >= 0.6 is 0 Å². The first-order valence-electron chi connectivity index (χ1n) is 6.96. The van der Waals surface area contributed by atoms with Gasteiger partial charge in [-0.25, -0.2) is 4.68 Å². The lowest BCUT2D eigenvalue weighted by Gasteiger charge is -2.24. The van der Waals surface area contributed by atoms with E-state index >= 15 is 0 Å². The van der Waals surface area contributed by atoms with Gasteiger partial charge in [0.2, 0.25) is 0 Å². The standard InChI is InChI=1S/C13H20N4O2/c18-12-3-5-16(9-12)11-6-13(19)17(15-8-11)10-2-1-4-14-7-10/h6,8,10,12,14,18H,1-5,7,9H2/t10?,12-/m0/s1. The maximum atomic E-state index is 12.2. The first-order chi connectivity index (χ1) is 9.24. The normalized spacial score (nSPS) is 27.7. The molecule has 3 rings (SSSR count). The van der Waals surface area contributed by atoms with E-state index in [0.29, 0.717) is 6.54 Å². The van der Waals surface area contributed by atoms with Crippen molar-refractivity contribution in [3.63, 3.8) is 0 Å². The predicted octanol–water partition coefficient (Wildman–Crippen LogP) is -0.261. The van der Waals surface area contributed by atoms with Gasteiger partial charge in [-0.2, -0.15) is 5.10 Å². The minimum atomic E-state index is -0.287. The van der Waals surface area contributed by atoms with Gasteiger partial charge in [0.15, 0.2) is 0 Å². The first-order valence-corrected chi connectivity index (χ1v) is 6.96. The highest BCUT2D eigenvalue weighted by atomic mass is 16.3. The fraction of sp³-hybridized carbons (Fsp3) is 0.692. The lowest BCUT2D eigenvalue weighted by molar-refractivity contribution is 0.198. The van der Waals surface area contributed by atoms with Crippen molar-refractivity contribution in [2.24, 2.45) is 0 Å². The van der Waals surface area contributed by atoms with Gasteiger partial charge in [0.25, 0.3) is 5.56 Å². The Bertz CT molecular complexity index is 496. The Balaban J connectivity index is 1.79. The molecule has 19 heavy (non-hydrogen) atoms. The largest absolute Gasteiger partial charge is 0.391 e. The number of nitrogens with one attached hydrogen (secondary N) is 1. The zero-order valence-corrected chi connectivity index (χ0v) is 11.0. The maximum Gasteiger partial charge on any atom is 0.269 e. The van der Waals surface area contributed by atoms with Crippen molar-refractivity contribution in [3.05, 3.63) is 22.6 Å². The van der Waals surface area contributed by atoms with Gasteiger partial charge in [0.05, 0.1) is 24.0 Å². The average molecular weight is 264 g/mol. The zero-order chi connectivity index (χ0) is 13.2. The van der Waals surface area contributed by atoms with E-state index < -0.39 is 0 Å². The number of aromatic nitrogens is 2. The maximum absolute atomic E-state index is 12.2. The lowest BCUT2D eigenvalue weighted by Crippen LogP contribution is -2.38. The number of rotatable bonds is 2. The number of hydrogen-bond acceptors (Lipinski definition) is 5. The van der Waals surface area contributed by atoms with Crippen LogP contribution in [0.1, 0.15) is 25.3 Å². The summed E-state index contributed by atoms with van der Waals surface area (Å²) in [5, 5.41) is 17.1. The van der Waals surface area contributed by atoms with E-state index in [-0.39, 0.29) is 17.7 Å². The second kappa shape index (κ2) is 5.30. The van der Waals surface area contributed by atoms with Crippen molar-refractivity contribution < 1.29 is 5.11 Å². The molecular formula is C13H20N4O2. The fourth-order valence-electron chi connectivity index (χ4n) is 2.87. The number of aliphatic hydroxyl groups is 1. The van der Waals surface area contributed by atoms with Crippen LogP contribution in [-0.2, 0) is 0 Å². The van der Waals surface area contributed by atoms with E-state index in [1.54, 1.807) is 16.9 Å². The van der Waals surface area contributed by atoms with Crippen LogP contribution < -0.4 is 15.8 Å². The smallest absolute Gasteiger partial charge is 0.269 e. The molecule has 2 saturated heterocycles. The van der Waals surface area contributed by atoms with Gasteiger partial charge in [0.1, 0.15) is 0 Å². The number of β-amino-alcohol motifs (C(OH)–C–C–N with tert-alkyl or cyclic N) is 1. The second-order valence-electron chi connectivity index (χ2n) is 5.39. The van der Waals surface area contributed by atoms with Crippen molar-refractivity contribution in [2.45, 2.75) is 31.4 Å². The molecular weight excluding hydrogens is 244 g/mol. The van der Waals surface area contributed by atoms with E-state index in [2.05, 4.69) is 10.4 Å². The summed E-state index contributed by atoms with van der Waals surface area (Å²) in [5.41, 5.74) is 0.772. The van der Waals surface area contributed by atoms with Crippen LogP contribution in [-0.4, -0.2) is 47.2 Å². The van der Waals surface area contributed by atoms with Gasteiger partial charge in [-0.05, 0) is 25.8 Å². The number of piperidine rings is 1. The third kappa shape index (κ3) is 2.64. The van der Waals surface area contributed by atoms with Crippen LogP contribution in [0.25, 0.3) is 0 Å². The molecule has 2 aliphatic rings. The van der Waals surface area contributed by atoms with Crippen molar-refractivity contribution in [2.75, 3.05) is 31.1 Å². The molecule has 3 heterocycles. The summed E-state index contributed by atoms with van der Waals surface area (Å²) in [6, 6.07) is 1.80. The van der Waals surface area contributed by atoms with Gasteiger partial charge in [-0.3, -0.25) is 4.79 Å². The quantitative estimate of drug-likeness (QED) is 0.770. The molecule has 0 spiro atoms. The Kier molecular flexibility index (Phi) is 3.52. The van der Waals surface area contributed by atoms with Crippen LogP contribution in [0.2, 0.25) is 0 Å². The van der Waals surface area contributed by atoms with Crippen molar-refractivity contribution in [1.82, 2.24) is 15.1 Å². The van der Waals surface area contributed by atoms with E-state index in [0.717, 1.165) is 44.6 Å². The molecule has 2 fully saturated rings. The Morgan fingerprint density at radius 3 is 2.95 bits per heavy atom. The molecule has 0 bridgehead atoms. The van der Waals surface area contributed by atoms with Crippen molar-refractivity contribution >= 4 is 5.69 Å². The van der Waals surface area contributed by atoms with Crippen LogP contribution in [0.4, 0.5) is 5.69 Å².